The fourth-order valence-electron chi connectivity index (χ4n) is 2.07. The van der Waals surface area contributed by atoms with Crippen LogP contribution in [0.25, 0.3) is 0 Å². The zero-order valence-electron chi connectivity index (χ0n) is 12.9. The Hall–Kier alpha value is -1.01. The van der Waals surface area contributed by atoms with E-state index in [4.69, 9.17) is 0 Å². The van der Waals surface area contributed by atoms with E-state index in [0.29, 0.717) is 6.54 Å². The van der Waals surface area contributed by atoms with Crippen LogP contribution in [0.4, 0.5) is 8.78 Å². The number of nitrogens with one attached hydrogen (secondary N) is 1. The fourth-order valence-corrected chi connectivity index (χ4v) is 2.75. The second-order valence-electron chi connectivity index (χ2n) is 5.80. The topological polar surface area (TPSA) is 46.2 Å². The molecule has 120 valence electrons. The van der Waals surface area contributed by atoms with Gasteiger partial charge < -0.3 is 5.32 Å². The Balaban J connectivity index is 3.12. The van der Waals surface area contributed by atoms with Crippen molar-refractivity contribution in [1.29, 1.82) is 0 Å². The van der Waals surface area contributed by atoms with Gasteiger partial charge in [0.25, 0.3) is 0 Å². The van der Waals surface area contributed by atoms with Crippen LogP contribution in [0.1, 0.15) is 32.8 Å². The largest absolute Gasteiger partial charge is 0.312 e. The monoisotopic (exact) mass is 319 g/mol. The van der Waals surface area contributed by atoms with E-state index < -0.39 is 32.3 Å². The van der Waals surface area contributed by atoms with E-state index in [9.17, 15) is 17.2 Å². The van der Waals surface area contributed by atoms with E-state index >= 15 is 0 Å². The Morgan fingerprint density at radius 3 is 2.43 bits per heavy atom. The highest BCUT2D eigenvalue weighted by Crippen LogP contribution is 2.24. The molecule has 0 aliphatic rings. The zero-order chi connectivity index (χ0) is 16.3. The lowest BCUT2D eigenvalue weighted by Gasteiger charge is -2.33. The summed E-state index contributed by atoms with van der Waals surface area (Å²) in [6, 6.07) is 3.47. The standard InChI is InChI=1S/C15H23F2NO2S/c1-5-9-18-13(15(2,3)21(4,19)20)10-11-7-6-8-12(16)14(11)17/h6-8,13,18H,5,9-10H2,1-4H3. The quantitative estimate of drug-likeness (QED) is 0.840. The van der Waals surface area contributed by atoms with Gasteiger partial charge in [0, 0.05) is 12.3 Å². The van der Waals surface area contributed by atoms with Crippen LogP contribution in [0, 0.1) is 11.6 Å². The smallest absolute Gasteiger partial charge is 0.162 e. The lowest BCUT2D eigenvalue weighted by Crippen LogP contribution is -2.53. The molecule has 0 aromatic heterocycles. The third kappa shape index (κ3) is 4.23. The van der Waals surface area contributed by atoms with Gasteiger partial charge in [-0.1, -0.05) is 19.1 Å². The average Bonchev–Trinajstić information content (AvgIpc) is 2.37. The van der Waals surface area contributed by atoms with E-state index in [2.05, 4.69) is 5.32 Å². The summed E-state index contributed by atoms with van der Waals surface area (Å²) in [6.45, 7) is 5.78. The minimum atomic E-state index is -3.35. The van der Waals surface area contributed by atoms with Crippen LogP contribution in [-0.4, -0.2) is 32.0 Å². The van der Waals surface area contributed by atoms with Gasteiger partial charge in [0.1, 0.15) is 0 Å². The molecule has 0 saturated heterocycles. The van der Waals surface area contributed by atoms with Crippen LogP contribution in [-0.2, 0) is 16.3 Å². The van der Waals surface area contributed by atoms with Crippen LogP contribution in [0.2, 0.25) is 0 Å². The summed E-state index contributed by atoms with van der Waals surface area (Å²) in [4.78, 5) is 0. The van der Waals surface area contributed by atoms with E-state index in [0.717, 1.165) is 18.7 Å². The summed E-state index contributed by atoms with van der Waals surface area (Å²) in [7, 11) is -3.35. The third-order valence-corrected chi connectivity index (χ3v) is 6.09. The second kappa shape index (κ2) is 6.83. The van der Waals surface area contributed by atoms with Crippen molar-refractivity contribution in [3.63, 3.8) is 0 Å². The van der Waals surface area contributed by atoms with Crippen molar-refractivity contribution in [2.45, 2.75) is 44.4 Å². The first-order valence-corrected chi connectivity index (χ1v) is 8.86. The molecule has 1 atom stereocenters. The predicted molar refractivity (Wildman–Crippen MR) is 81.1 cm³/mol. The third-order valence-electron chi connectivity index (χ3n) is 3.89. The van der Waals surface area contributed by atoms with E-state index in [1.807, 2.05) is 6.92 Å². The molecule has 0 aliphatic carbocycles. The molecule has 0 fully saturated rings. The zero-order valence-corrected chi connectivity index (χ0v) is 13.7. The van der Waals surface area contributed by atoms with Gasteiger partial charge >= 0.3 is 0 Å². The maximum Gasteiger partial charge on any atom is 0.162 e. The highest BCUT2D eigenvalue weighted by Gasteiger charge is 2.39. The van der Waals surface area contributed by atoms with Crippen LogP contribution in [0.15, 0.2) is 18.2 Å². The van der Waals surface area contributed by atoms with Crippen molar-refractivity contribution in [2.24, 2.45) is 0 Å². The molecule has 1 aromatic rings. The van der Waals surface area contributed by atoms with Gasteiger partial charge in [-0.2, -0.15) is 0 Å². The number of hydrogen-bond acceptors (Lipinski definition) is 3. The van der Waals surface area contributed by atoms with Gasteiger partial charge in [0.15, 0.2) is 21.5 Å². The molecule has 3 nitrogen and oxygen atoms in total. The fraction of sp³-hybridized carbons (Fsp3) is 0.600. The average molecular weight is 319 g/mol. The number of halogens is 2. The summed E-state index contributed by atoms with van der Waals surface area (Å²) >= 11 is 0. The first-order valence-electron chi connectivity index (χ1n) is 6.97. The van der Waals surface area contributed by atoms with Crippen LogP contribution >= 0.6 is 0 Å². The van der Waals surface area contributed by atoms with E-state index in [1.54, 1.807) is 13.8 Å². The highest BCUT2D eigenvalue weighted by molar-refractivity contribution is 7.92. The van der Waals surface area contributed by atoms with Crippen molar-refractivity contribution in [2.75, 3.05) is 12.8 Å². The summed E-state index contributed by atoms with van der Waals surface area (Å²) in [5.74, 6) is -1.83. The lowest BCUT2D eigenvalue weighted by molar-refractivity contribution is 0.398. The normalized spacial score (nSPS) is 14.2. The molecule has 0 amide bonds. The molecule has 21 heavy (non-hydrogen) atoms. The van der Waals surface area contributed by atoms with Crippen molar-refractivity contribution < 1.29 is 17.2 Å². The predicted octanol–water partition coefficient (Wildman–Crippen LogP) is 2.70. The Bertz CT molecular complexity index is 585. The van der Waals surface area contributed by atoms with E-state index in [1.165, 1.54) is 12.1 Å². The van der Waals surface area contributed by atoms with Gasteiger partial charge in [-0.05, 0) is 44.9 Å². The molecular formula is C15H23F2NO2S. The van der Waals surface area contributed by atoms with Crippen molar-refractivity contribution >= 4 is 9.84 Å². The van der Waals surface area contributed by atoms with Crippen LogP contribution < -0.4 is 5.32 Å². The van der Waals surface area contributed by atoms with Gasteiger partial charge in [0.2, 0.25) is 0 Å². The molecule has 0 saturated carbocycles. The minimum absolute atomic E-state index is 0.115. The van der Waals surface area contributed by atoms with Crippen molar-refractivity contribution in [3.8, 4) is 0 Å². The molecule has 0 aliphatic heterocycles. The van der Waals surface area contributed by atoms with Crippen LogP contribution in [0.3, 0.4) is 0 Å². The minimum Gasteiger partial charge on any atom is -0.312 e. The number of rotatable bonds is 7. The summed E-state index contributed by atoms with van der Waals surface area (Å²) in [6.07, 6.45) is 2.10. The second-order valence-corrected chi connectivity index (χ2v) is 8.40. The molecule has 1 unspecified atom stereocenters. The highest BCUT2D eigenvalue weighted by atomic mass is 32.2. The first kappa shape index (κ1) is 18.0. The first-order chi connectivity index (χ1) is 9.61. The SMILES string of the molecule is CCCNC(Cc1cccc(F)c1F)C(C)(C)S(C)(=O)=O. The molecule has 1 aromatic carbocycles. The Kier molecular flexibility index (Phi) is 5.87. The van der Waals surface area contributed by atoms with Crippen molar-refractivity contribution in [1.82, 2.24) is 5.32 Å². The number of benzene rings is 1. The maximum absolute atomic E-state index is 13.8. The van der Waals surface area contributed by atoms with Gasteiger partial charge in [0.05, 0.1) is 4.75 Å². The Morgan fingerprint density at radius 2 is 1.90 bits per heavy atom. The Morgan fingerprint density at radius 1 is 1.29 bits per heavy atom. The molecular weight excluding hydrogens is 296 g/mol. The molecule has 0 bridgehead atoms. The number of sulfone groups is 1. The van der Waals surface area contributed by atoms with Gasteiger partial charge in [-0.25, -0.2) is 17.2 Å². The number of hydrogen-bond donors (Lipinski definition) is 1. The summed E-state index contributed by atoms with van der Waals surface area (Å²) in [5, 5.41) is 3.14. The molecule has 0 radical (unpaired) electrons. The molecule has 1 rings (SSSR count). The van der Waals surface area contributed by atoms with Gasteiger partial charge in [-0.15, -0.1) is 0 Å². The Labute approximate surface area is 125 Å². The van der Waals surface area contributed by atoms with Crippen LogP contribution in [0.5, 0.6) is 0 Å². The summed E-state index contributed by atoms with van der Waals surface area (Å²) in [5.41, 5.74) is 0.181. The van der Waals surface area contributed by atoms with Gasteiger partial charge in [-0.3, -0.25) is 0 Å². The lowest BCUT2D eigenvalue weighted by atomic mass is 9.95. The molecule has 0 spiro atoms. The van der Waals surface area contributed by atoms with Crippen molar-refractivity contribution in [3.05, 3.63) is 35.4 Å². The maximum atomic E-state index is 13.8. The molecule has 1 N–H and O–H groups in total. The summed E-state index contributed by atoms with van der Waals surface area (Å²) < 4.78 is 50.0. The van der Waals surface area contributed by atoms with E-state index in [-0.39, 0.29) is 12.0 Å². The molecule has 0 heterocycles. The molecule has 6 heteroatoms.